The summed E-state index contributed by atoms with van der Waals surface area (Å²) in [6.07, 6.45) is 2.36. The monoisotopic (exact) mass is 292 g/mol. The van der Waals surface area contributed by atoms with Crippen LogP contribution in [0, 0.1) is 11.7 Å². The van der Waals surface area contributed by atoms with Gasteiger partial charge < -0.3 is 11.1 Å². The normalized spacial score (nSPS) is 14.4. The number of amides is 2. The number of carbonyl (C=O) groups excluding carboxylic acids is 2. The molecule has 0 heterocycles. The molecule has 1 rings (SSSR count). The minimum absolute atomic E-state index is 0.0370. The molecule has 114 valence electrons. The lowest BCUT2D eigenvalue weighted by Gasteiger charge is -2.21. The molecular formula is C16H21FN2O2. The van der Waals surface area contributed by atoms with Crippen LogP contribution in [0.15, 0.2) is 29.8 Å². The van der Waals surface area contributed by atoms with Crippen LogP contribution in [0.25, 0.3) is 6.08 Å². The smallest absolute Gasteiger partial charge is 0.247 e. The molecule has 0 fully saturated rings. The molecular weight excluding hydrogens is 271 g/mol. The molecule has 0 aliphatic rings. The van der Waals surface area contributed by atoms with Gasteiger partial charge in [-0.3, -0.25) is 9.59 Å². The van der Waals surface area contributed by atoms with Crippen LogP contribution in [-0.2, 0) is 9.59 Å². The first-order valence-corrected chi connectivity index (χ1v) is 6.89. The summed E-state index contributed by atoms with van der Waals surface area (Å²) in [5.74, 6) is -1.28. The molecule has 0 aromatic heterocycles. The molecule has 0 aliphatic carbocycles. The van der Waals surface area contributed by atoms with Crippen LogP contribution in [0.4, 0.5) is 4.39 Å². The molecule has 1 aromatic carbocycles. The average Bonchev–Trinajstić information content (AvgIpc) is 2.45. The number of nitrogens with one attached hydrogen (secondary N) is 1. The Morgan fingerprint density at radius 3 is 2.38 bits per heavy atom. The zero-order valence-electron chi connectivity index (χ0n) is 12.5. The zero-order valence-corrected chi connectivity index (χ0v) is 12.5. The first-order valence-electron chi connectivity index (χ1n) is 6.89. The fourth-order valence-electron chi connectivity index (χ4n) is 1.86. The number of halogens is 1. The van der Waals surface area contributed by atoms with Crippen LogP contribution in [0.5, 0.6) is 0 Å². The van der Waals surface area contributed by atoms with Crippen LogP contribution in [0.2, 0.25) is 0 Å². The summed E-state index contributed by atoms with van der Waals surface area (Å²) >= 11 is 0. The van der Waals surface area contributed by atoms with E-state index in [4.69, 9.17) is 5.73 Å². The average molecular weight is 292 g/mol. The molecule has 0 aliphatic heterocycles. The van der Waals surface area contributed by atoms with E-state index in [0.29, 0.717) is 11.1 Å². The Morgan fingerprint density at radius 1 is 1.33 bits per heavy atom. The van der Waals surface area contributed by atoms with Crippen LogP contribution in [-0.4, -0.2) is 17.9 Å². The van der Waals surface area contributed by atoms with Gasteiger partial charge in [-0.05, 0) is 36.6 Å². The third-order valence-electron chi connectivity index (χ3n) is 3.42. The SMILES string of the molecule is CCC(C)C(NC(=O)/C(C)=C/c1ccc(F)cc1)C(N)=O. The Hall–Kier alpha value is -2.17. The molecule has 0 spiro atoms. The highest BCUT2D eigenvalue weighted by Gasteiger charge is 2.23. The standard InChI is InChI=1S/C16H21FN2O2/c1-4-10(2)14(15(18)20)19-16(21)11(3)9-12-5-7-13(17)8-6-12/h5-10,14H,4H2,1-3H3,(H2,18,20)(H,19,21)/b11-9+. The van der Waals surface area contributed by atoms with Gasteiger partial charge in [-0.1, -0.05) is 32.4 Å². The van der Waals surface area contributed by atoms with Crippen molar-refractivity contribution in [1.29, 1.82) is 0 Å². The topological polar surface area (TPSA) is 72.2 Å². The van der Waals surface area contributed by atoms with Gasteiger partial charge in [0.1, 0.15) is 11.9 Å². The van der Waals surface area contributed by atoms with Gasteiger partial charge in [0.15, 0.2) is 0 Å². The lowest BCUT2D eigenvalue weighted by molar-refractivity contribution is -0.126. The van der Waals surface area contributed by atoms with Crippen LogP contribution < -0.4 is 11.1 Å². The minimum atomic E-state index is -0.695. The van der Waals surface area contributed by atoms with Gasteiger partial charge in [0, 0.05) is 5.57 Å². The first-order chi connectivity index (χ1) is 9.85. The lowest BCUT2D eigenvalue weighted by atomic mass is 9.98. The minimum Gasteiger partial charge on any atom is -0.368 e. The fourth-order valence-corrected chi connectivity index (χ4v) is 1.86. The van der Waals surface area contributed by atoms with Crippen molar-refractivity contribution in [1.82, 2.24) is 5.32 Å². The van der Waals surface area contributed by atoms with Gasteiger partial charge in [-0.25, -0.2) is 4.39 Å². The third-order valence-corrected chi connectivity index (χ3v) is 3.42. The highest BCUT2D eigenvalue weighted by molar-refractivity contribution is 5.99. The summed E-state index contributed by atoms with van der Waals surface area (Å²) < 4.78 is 12.8. The third kappa shape index (κ3) is 5.02. The van der Waals surface area contributed by atoms with Crippen molar-refractivity contribution in [2.24, 2.45) is 11.7 Å². The lowest BCUT2D eigenvalue weighted by Crippen LogP contribution is -2.48. The van der Waals surface area contributed by atoms with E-state index in [9.17, 15) is 14.0 Å². The van der Waals surface area contributed by atoms with Gasteiger partial charge in [-0.2, -0.15) is 0 Å². The van der Waals surface area contributed by atoms with Crippen molar-refractivity contribution in [2.75, 3.05) is 0 Å². The molecule has 0 saturated heterocycles. The molecule has 0 radical (unpaired) electrons. The van der Waals surface area contributed by atoms with Crippen molar-refractivity contribution in [2.45, 2.75) is 33.2 Å². The molecule has 21 heavy (non-hydrogen) atoms. The van der Waals surface area contributed by atoms with Crippen molar-refractivity contribution < 1.29 is 14.0 Å². The van der Waals surface area contributed by atoms with E-state index in [-0.39, 0.29) is 17.6 Å². The maximum absolute atomic E-state index is 12.8. The fraction of sp³-hybridized carbons (Fsp3) is 0.375. The van der Waals surface area contributed by atoms with Crippen molar-refractivity contribution >= 4 is 17.9 Å². The summed E-state index contributed by atoms with van der Waals surface area (Å²) in [6.45, 7) is 5.41. The van der Waals surface area contributed by atoms with E-state index in [2.05, 4.69) is 5.32 Å². The summed E-state index contributed by atoms with van der Waals surface area (Å²) in [7, 11) is 0. The van der Waals surface area contributed by atoms with E-state index in [0.717, 1.165) is 6.42 Å². The number of nitrogens with two attached hydrogens (primary N) is 1. The quantitative estimate of drug-likeness (QED) is 0.789. The predicted octanol–water partition coefficient (Wildman–Crippen LogP) is 2.25. The zero-order chi connectivity index (χ0) is 16.0. The molecule has 3 N–H and O–H groups in total. The summed E-state index contributed by atoms with van der Waals surface area (Å²) in [5, 5.41) is 2.64. The maximum atomic E-state index is 12.8. The number of rotatable bonds is 6. The molecule has 2 unspecified atom stereocenters. The second-order valence-electron chi connectivity index (χ2n) is 5.12. The van der Waals surface area contributed by atoms with Gasteiger partial charge in [0.2, 0.25) is 11.8 Å². The van der Waals surface area contributed by atoms with E-state index >= 15 is 0 Å². The van der Waals surface area contributed by atoms with Gasteiger partial charge in [0.05, 0.1) is 0 Å². The van der Waals surface area contributed by atoms with E-state index in [1.165, 1.54) is 12.1 Å². The van der Waals surface area contributed by atoms with Gasteiger partial charge in [0.25, 0.3) is 0 Å². The number of primary amides is 1. The Bertz CT molecular complexity index is 538. The second-order valence-corrected chi connectivity index (χ2v) is 5.12. The van der Waals surface area contributed by atoms with E-state index < -0.39 is 11.9 Å². The number of hydrogen-bond donors (Lipinski definition) is 2. The Balaban J connectivity index is 2.81. The van der Waals surface area contributed by atoms with Crippen molar-refractivity contribution in [3.63, 3.8) is 0 Å². The molecule has 0 bridgehead atoms. The number of carbonyl (C=O) groups is 2. The molecule has 0 saturated carbocycles. The summed E-state index contributed by atoms with van der Waals surface area (Å²) in [6, 6.07) is 5.10. The van der Waals surface area contributed by atoms with Crippen LogP contribution in [0.1, 0.15) is 32.8 Å². The van der Waals surface area contributed by atoms with Crippen molar-refractivity contribution in [3.8, 4) is 0 Å². The predicted molar refractivity (Wildman–Crippen MR) is 80.6 cm³/mol. The summed E-state index contributed by atoms with van der Waals surface area (Å²) in [5.41, 5.74) is 6.45. The maximum Gasteiger partial charge on any atom is 0.247 e. The Morgan fingerprint density at radius 2 is 1.90 bits per heavy atom. The highest BCUT2D eigenvalue weighted by Crippen LogP contribution is 2.11. The molecule has 4 nitrogen and oxygen atoms in total. The summed E-state index contributed by atoms with van der Waals surface area (Å²) in [4.78, 5) is 23.5. The number of benzene rings is 1. The first kappa shape index (κ1) is 16.9. The van der Waals surface area contributed by atoms with Gasteiger partial charge >= 0.3 is 0 Å². The highest BCUT2D eigenvalue weighted by atomic mass is 19.1. The van der Waals surface area contributed by atoms with Crippen LogP contribution >= 0.6 is 0 Å². The van der Waals surface area contributed by atoms with Crippen LogP contribution in [0.3, 0.4) is 0 Å². The van der Waals surface area contributed by atoms with Gasteiger partial charge in [-0.15, -0.1) is 0 Å². The van der Waals surface area contributed by atoms with E-state index in [1.807, 2.05) is 13.8 Å². The van der Waals surface area contributed by atoms with Crippen molar-refractivity contribution in [3.05, 3.63) is 41.2 Å². The Labute approximate surface area is 124 Å². The number of hydrogen-bond acceptors (Lipinski definition) is 2. The molecule has 2 amide bonds. The second kappa shape index (κ2) is 7.57. The van der Waals surface area contributed by atoms with E-state index in [1.54, 1.807) is 25.1 Å². The molecule has 5 heteroatoms. The Kier molecular flexibility index (Phi) is 6.09. The largest absolute Gasteiger partial charge is 0.368 e. The molecule has 1 aromatic rings. The molecule has 2 atom stereocenters.